The summed E-state index contributed by atoms with van der Waals surface area (Å²) in [5, 5.41) is 14.7. The third-order valence-corrected chi connectivity index (χ3v) is 6.72. The second kappa shape index (κ2) is 13.1. The molecule has 0 aromatic heterocycles. The zero-order valence-corrected chi connectivity index (χ0v) is 22.9. The quantitative estimate of drug-likeness (QED) is 0.350. The summed E-state index contributed by atoms with van der Waals surface area (Å²) in [6.07, 6.45) is -1.06. The van der Waals surface area contributed by atoms with Crippen molar-refractivity contribution in [2.45, 2.75) is 71.3 Å². The Labute approximate surface area is 233 Å². The van der Waals surface area contributed by atoms with Gasteiger partial charge in [-0.15, -0.1) is 0 Å². The van der Waals surface area contributed by atoms with Crippen LogP contribution in [0, 0.1) is 5.41 Å². The Morgan fingerprint density at radius 2 is 1.62 bits per heavy atom. The maximum absolute atomic E-state index is 14.0. The van der Waals surface area contributed by atoms with Crippen molar-refractivity contribution in [3.05, 3.63) is 71.3 Å². The Morgan fingerprint density at radius 3 is 2.23 bits per heavy atom. The molecule has 0 saturated heterocycles. The Hall–Kier alpha value is -4.41. The number of primary amides is 1. The number of nitrogens with one attached hydrogen (secondary N) is 2. The summed E-state index contributed by atoms with van der Waals surface area (Å²) in [4.78, 5) is 64.5. The summed E-state index contributed by atoms with van der Waals surface area (Å²) in [5.74, 6) is -3.21. The maximum Gasteiger partial charge on any atom is 0.408 e. The largest absolute Gasteiger partial charge is 0.480 e. The number of amides is 4. The van der Waals surface area contributed by atoms with E-state index in [2.05, 4.69) is 10.6 Å². The number of aliphatic carboxylic acids is 1. The van der Waals surface area contributed by atoms with Gasteiger partial charge in [0.1, 0.15) is 24.7 Å². The molecule has 1 unspecified atom stereocenters. The number of carboxylic acids is 1. The number of carboxylic acid groups (broad SMARTS) is 1. The van der Waals surface area contributed by atoms with Crippen LogP contribution < -0.4 is 16.4 Å². The fourth-order valence-electron chi connectivity index (χ4n) is 4.50. The second-order valence-corrected chi connectivity index (χ2v) is 10.9. The third-order valence-electron chi connectivity index (χ3n) is 6.72. The molecule has 3 atom stereocenters. The predicted octanol–water partition coefficient (Wildman–Crippen LogP) is 2.12. The van der Waals surface area contributed by atoms with Gasteiger partial charge in [-0.05, 0) is 28.5 Å². The van der Waals surface area contributed by atoms with Crippen LogP contribution in [0.1, 0.15) is 50.3 Å². The van der Waals surface area contributed by atoms with E-state index in [0.717, 1.165) is 16.7 Å². The van der Waals surface area contributed by atoms with Crippen LogP contribution in [-0.4, -0.2) is 57.9 Å². The Morgan fingerprint density at radius 1 is 1.00 bits per heavy atom. The smallest absolute Gasteiger partial charge is 0.408 e. The van der Waals surface area contributed by atoms with E-state index < -0.39 is 53.3 Å². The van der Waals surface area contributed by atoms with Crippen LogP contribution in [0.2, 0.25) is 0 Å². The number of carbonyl (C=O) groups is 5. The van der Waals surface area contributed by atoms with Gasteiger partial charge in [0.15, 0.2) is 0 Å². The fraction of sp³-hybridized carbons (Fsp3) is 0.414. The number of hydrogen-bond acceptors (Lipinski definition) is 6. The molecule has 3 rings (SSSR count). The first-order valence-corrected chi connectivity index (χ1v) is 13.0. The van der Waals surface area contributed by atoms with Gasteiger partial charge in [0.2, 0.25) is 17.7 Å². The molecule has 0 saturated carbocycles. The highest BCUT2D eigenvalue weighted by atomic mass is 16.5. The Kier molecular flexibility index (Phi) is 9.87. The first-order valence-electron chi connectivity index (χ1n) is 13.0. The van der Waals surface area contributed by atoms with Gasteiger partial charge in [-0.25, -0.2) is 9.59 Å². The summed E-state index contributed by atoms with van der Waals surface area (Å²) in [6, 6.07) is 13.0. The summed E-state index contributed by atoms with van der Waals surface area (Å²) in [5.41, 5.74) is 6.86. The average Bonchev–Trinajstić information content (AvgIpc) is 2.91. The molecule has 0 spiro atoms. The van der Waals surface area contributed by atoms with Crippen molar-refractivity contribution >= 4 is 29.8 Å². The lowest BCUT2D eigenvalue weighted by molar-refractivity contribution is -0.147. The van der Waals surface area contributed by atoms with E-state index in [1.807, 2.05) is 54.6 Å². The minimum atomic E-state index is -1.36. The van der Waals surface area contributed by atoms with Crippen LogP contribution in [0.4, 0.5) is 4.79 Å². The van der Waals surface area contributed by atoms with Crippen LogP contribution in [-0.2, 0) is 43.5 Å². The van der Waals surface area contributed by atoms with Crippen molar-refractivity contribution in [1.82, 2.24) is 15.5 Å². The lowest BCUT2D eigenvalue weighted by Crippen LogP contribution is -2.61. The van der Waals surface area contributed by atoms with Crippen LogP contribution in [0.15, 0.2) is 54.6 Å². The summed E-state index contributed by atoms with van der Waals surface area (Å²) < 4.78 is 5.34. The van der Waals surface area contributed by atoms with Crippen molar-refractivity contribution < 1.29 is 33.8 Å². The van der Waals surface area contributed by atoms with Gasteiger partial charge in [0.25, 0.3) is 0 Å². The van der Waals surface area contributed by atoms with E-state index in [1.165, 1.54) is 4.90 Å². The molecule has 0 bridgehead atoms. The van der Waals surface area contributed by atoms with Crippen LogP contribution in [0.5, 0.6) is 0 Å². The number of nitrogens with two attached hydrogens (primary N) is 1. The summed E-state index contributed by atoms with van der Waals surface area (Å²) in [6.45, 7) is 5.44. The number of benzene rings is 2. The average molecular weight is 553 g/mol. The normalized spacial score (nSPS) is 16.2. The van der Waals surface area contributed by atoms with Crippen molar-refractivity contribution in [3.63, 3.8) is 0 Å². The van der Waals surface area contributed by atoms with Crippen LogP contribution >= 0.6 is 0 Å². The van der Waals surface area contributed by atoms with E-state index in [0.29, 0.717) is 0 Å². The number of fused-ring (bicyclic) bond motifs is 1. The maximum atomic E-state index is 14.0. The van der Waals surface area contributed by atoms with E-state index in [-0.39, 0.29) is 32.4 Å². The molecule has 11 heteroatoms. The third kappa shape index (κ3) is 8.05. The lowest BCUT2D eigenvalue weighted by Gasteiger charge is -2.41. The molecular formula is C29H36N4O7. The number of carbonyl (C=O) groups excluding carboxylic acids is 4. The molecule has 40 heavy (non-hydrogen) atoms. The lowest BCUT2D eigenvalue weighted by atomic mass is 9.84. The molecule has 5 N–H and O–H groups in total. The minimum Gasteiger partial charge on any atom is -0.480 e. The standard InChI is InChI=1S/C29H36N4O7/c1-29(2,3)24(32-28(39)40-17-18-9-5-4-6-10-18)26(36)33-16-20-12-8-7-11-19(20)15-22(33)25(35)31-21(27(37)38)13-14-23(30)34/h4-12,21-22,24H,13-17H2,1-3H3,(H2,30,34)(H,31,35)(H,32,39)(H,37,38)/t21-,22?,24+/m0/s1. The van der Waals surface area contributed by atoms with Crippen molar-refractivity contribution in [2.24, 2.45) is 11.1 Å². The van der Waals surface area contributed by atoms with Crippen molar-refractivity contribution in [3.8, 4) is 0 Å². The first kappa shape index (κ1) is 30.1. The minimum absolute atomic E-state index is 0.0156. The molecule has 0 aliphatic carbocycles. The fourth-order valence-corrected chi connectivity index (χ4v) is 4.50. The highest BCUT2D eigenvalue weighted by molar-refractivity contribution is 5.94. The van der Waals surface area contributed by atoms with Gasteiger partial charge in [0, 0.05) is 19.4 Å². The zero-order valence-electron chi connectivity index (χ0n) is 22.9. The van der Waals surface area contributed by atoms with Crippen molar-refractivity contribution in [2.75, 3.05) is 0 Å². The number of nitrogens with zero attached hydrogens (tertiary/aromatic N) is 1. The first-order chi connectivity index (χ1) is 18.9. The molecule has 1 heterocycles. The molecule has 0 radical (unpaired) electrons. The molecule has 2 aromatic rings. The van der Waals surface area contributed by atoms with Gasteiger partial charge in [0.05, 0.1) is 0 Å². The van der Waals surface area contributed by atoms with Gasteiger partial charge in [-0.2, -0.15) is 0 Å². The SMILES string of the molecule is CC(C)(C)[C@H](NC(=O)OCc1ccccc1)C(=O)N1Cc2ccccc2CC1C(=O)N[C@@H](CCC(N)=O)C(=O)O. The molecule has 214 valence electrons. The van der Waals surface area contributed by atoms with E-state index in [9.17, 15) is 29.1 Å². The zero-order chi connectivity index (χ0) is 29.4. The second-order valence-electron chi connectivity index (χ2n) is 10.9. The number of alkyl carbamates (subject to hydrolysis) is 1. The van der Waals surface area contributed by atoms with E-state index in [4.69, 9.17) is 10.5 Å². The van der Waals surface area contributed by atoms with Crippen LogP contribution in [0.25, 0.3) is 0 Å². The highest BCUT2D eigenvalue weighted by Crippen LogP contribution is 2.28. The van der Waals surface area contributed by atoms with Gasteiger partial charge in [-0.1, -0.05) is 75.4 Å². The molecule has 2 aromatic carbocycles. The van der Waals surface area contributed by atoms with Crippen LogP contribution in [0.3, 0.4) is 0 Å². The topological polar surface area (TPSA) is 168 Å². The number of rotatable bonds is 10. The molecule has 1 aliphatic heterocycles. The monoisotopic (exact) mass is 552 g/mol. The molecule has 4 amide bonds. The highest BCUT2D eigenvalue weighted by Gasteiger charge is 2.42. The van der Waals surface area contributed by atoms with Crippen molar-refractivity contribution in [1.29, 1.82) is 0 Å². The molecule has 0 fully saturated rings. The molecule has 1 aliphatic rings. The Bertz CT molecular complexity index is 1240. The number of ether oxygens (including phenoxy) is 1. The van der Waals surface area contributed by atoms with Gasteiger partial charge < -0.3 is 31.1 Å². The van der Waals surface area contributed by atoms with E-state index >= 15 is 0 Å². The van der Waals surface area contributed by atoms with Gasteiger partial charge in [-0.3, -0.25) is 14.4 Å². The molecule has 11 nitrogen and oxygen atoms in total. The summed E-state index contributed by atoms with van der Waals surface area (Å²) in [7, 11) is 0. The van der Waals surface area contributed by atoms with Gasteiger partial charge >= 0.3 is 12.1 Å². The Balaban J connectivity index is 1.84. The molecular weight excluding hydrogens is 516 g/mol. The van der Waals surface area contributed by atoms with E-state index in [1.54, 1.807) is 20.8 Å². The predicted molar refractivity (Wildman–Crippen MR) is 145 cm³/mol. The summed E-state index contributed by atoms with van der Waals surface area (Å²) >= 11 is 0. The number of hydrogen-bond donors (Lipinski definition) is 4.